The van der Waals surface area contributed by atoms with Crippen LogP contribution in [0.3, 0.4) is 0 Å². The van der Waals surface area contributed by atoms with Gasteiger partial charge >= 0.3 is 0 Å². The van der Waals surface area contributed by atoms with Gasteiger partial charge in [0.25, 0.3) is 5.91 Å². The van der Waals surface area contributed by atoms with Crippen LogP contribution in [0.2, 0.25) is 5.02 Å². The molecule has 0 saturated carbocycles. The number of amides is 1. The molecule has 112 valence electrons. The molecule has 1 aromatic carbocycles. The SMILES string of the molecule is CCCNC(=O)COc1ccc(Cl)cc1CNC(C)C. The second kappa shape index (κ2) is 8.82. The first-order chi connectivity index (χ1) is 9.52. The lowest BCUT2D eigenvalue weighted by Crippen LogP contribution is -2.29. The quantitative estimate of drug-likeness (QED) is 0.776. The van der Waals surface area contributed by atoms with Crippen LogP contribution in [0, 0.1) is 0 Å². The molecule has 0 aliphatic rings. The Hall–Kier alpha value is -1.26. The van der Waals surface area contributed by atoms with E-state index >= 15 is 0 Å². The van der Waals surface area contributed by atoms with Gasteiger partial charge in [-0.05, 0) is 24.6 Å². The van der Waals surface area contributed by atoms with E-state index in [9.17, 15) is 4.79 Å². The summed E-state index contributed by atoms with van der Waals surface area (Å²) >= 11 is 6.00. The van der Waals surface area contributed by atoms with Crippen LogP contribution >= 0.6 is 11.6 Å². The fourth-order valence-electron chi connectivity index (χ4n) is 1.60. The van der Waals surface area contributed by atoms with Crippen molar-refractivity contribution in [3.8, 4) is 5.75 Å². The van der Waals surface area contributed by atoms with Crippen LogP contribution in [0.15, 0.2) is 18.2 Å². The zero-order chi connectivity index (χ0) is 15.0. The summed E-state index contributed by atoms with van der Waals surface area (Å²) in [7, 11) is 0. The van der Waals surface area contributed by atoms with Crippen LogP contribution in [0.25, 0.3) is 0 Å². The largest absolute Gasteiger partial charge is 0.483 e. The lowest BCUT2D eigenvalue weighted by molar-refractivity contribution is -0.123. The maximum absolute atomic E-state index is 11.5. The molecule has 0 aromatic heterocycles. The minimum Gasteiger partial charge on any atom is -0.483 e. The molecular formula is C15H23ClN2O2. The number of hydrogen-bond acceptors (Lipinski definition) is 3. The molecule has 1 rings (SSSR count). The molecule has 5 heteroatoms. The standard InChI is InChI=1S/C15H23ClN2O2/c1-4-7-17-15(19)10-20-14-6-5-13(16)8-12(14)9-18-11(2)3/h5-6,8,11,18H,4,7,9-10H2,1-3H3,(H,17,19). The van der Waals surface area contributed by atoms with Gasteiger partial charge in [0.1, 0.15) is 5.75 Å². The Balaban J connectivity index is 2.61. The lowest BCUT2D eigenvalue weighted by Gasteiger charge is -2.14. The summed E-state index contributed by atoms with van der Waals surface area (Å²) in [6.45, 7) is 7.51. The summed E-state index contributed by atoms with van der Waals surface area (Å²) in [5.41, 5.74) is 0.953. The fraction of sp³-hybridized carbons (Fsp3) is 0.533. The van der Waals surface area contributed by atoms with E-state index in [0.29, 0.717) is 29.9 Å². The van der Waals surface area contributed by atoms with Gasteiger partial charge in [0.05, 0.1) is 0 Å². The topological polar surface area (TPSA) is 50.4 Å². The van der Waals surface area contributed by atoms with Crippen molar-refractivity contribution in [3.05, 3.63) is 28.8 Å². The number of benzene rings is 1. The molecule has 0 spiro atoms. The molecule has 4 nitrogen and oxygen atoms in total. The molecular weight excluding hydrogens is 276 g/mol. The number of hydrogen-bond donors (Lipinski definition) is 2. The number of rotatable bonds is 8. The van der Waals surface area contributed by atoms with Crippen molar-refractivity contribution in [1.29, 1.82) is 0 Å². The number of ether oxygens (including phenoxy) is 1. The first-order valence-corrected chi connectivity index (χ1v) is 7.32. The van der Waals surface area contributed by atoms with Crippen molar-refractivity contribution in [3.63, 3.8) is 0 Å². The minimum absolute atomic E-state index is 0.0241. The Kier molecular flexibility index (Phi) is 7.41. The smallest absolute Gasteiger partial charge is 0.257 e. The van der Waals surface area contributed by atoms with Crippen LogP contribution in [0.1, 0.15) is 32.8 Å². The second-order valence-corrected chi connectivity index (χ2v) is 5.36. The Morgan fingerprint density at radius 1 is 1.40 bits per heavy atom. The third-order valence-electron chi connectivity index (χ3n) is 2.65. The van der Waals surface area contributed by atoms with E-state index in [1.807, 2.05) is 13.0 Å². The van der Waals surface area contributed by atoms with Crippen molar-refractivity contribution in [1.82, 2.24) is 10.6 Å². The van der Waals surface area contributed by atoms with E-state index in [1.165, 1.54) is 0 Å². The number of nitrogens with one attached hydrogen (secondary N) is 2. The van der Waals surface area contributed by atoms with Gasteiger partial charge in [-0.1, -0.05) is 32.4 Å². The maximum Gasteiger partial charge on any atom is 0.257 e. The van der Waals surface area contributed by atoms with E-state index < -0.39 is 0 Å². The molecule has 0 fully saturated rings. The van der Waals surface area contributed by atoms with Crippen LogP contribution in [-0.4, -0.2) is 25.1 Å². The van der Waals surface area contributed by atoms with E-state index in [2.05, 4.69) is 24.5 Å². The zero-order valence-electron chi connectivity index (χ0n) is 12.3. The highest BCUT2D eigenvalue weighted by Crippen LogP contribution is 2.23. The van der Waals surface area contributed by atoms with Gasteiger partial charge in [0.2, 0.25) is 0 Å². The molecule has 0 heterocycles. The normalized spacial score (nSPS) is 10.7. The van der Waals surface area contributed by atoms with E-state index in [-0.39, 0.29) is 12.5 Å². The van der Waals surface area contributed by atoms with Gasteiger partial charge in [-0.3, -0.25) is 4.79 Å². The highest BCUT2D eigenvalue weighted by atomic mass is 35.5. The molecule has 0 bridgehead atoms. The first kappa shape index (κ1) is 16.8. The third-order valence-corrected chi connectivity index (χ3v) is 2.89. The van der Waals surface area contributed by atoms with Gasteiger partial charge in [0.15, 0.2) is 6.61 Å². The third kappa shape index (κ3) is 6.26. The van der Waals surface area contributed by atoms with Crippen molar-refractivity contribution in [2.75, 3.05) is 13.2 Å². The fourth-order valence-corrected chi connectivity index (χ4v) is 1.79. The monoisotopic (exact) mass is 298 g/mol. The summed E-state index contributed by atoms with van der Waals surface area (Å²) in [6, 6.07) is 5.79. The first-order valence-electron chi connectivity index (χ1n) is 6.94. The Labute approximate surface area is 125 Å². The predicted molar refractivity (Wildman–Crippen MR) is 82.2 cm³/mol. The maximum atomic E-state index is 11.5. The molecule has 0 aliphatic heterocycles. The summed E-state index contributed by atoms with van der Waals surface area (Å²) in [4.78, 5) is 11.5. The average molecular weight is 299 g/mol. The summed E-state index contributed by atoms with van der Waals surface area (Å²) in [6.07, 6.45) is 0.913. The van der Waals surface area contributed by atoms with Crippen molar-refractivity contribution < 1.29 is 9.53 Å². The van der Waals surface area contributed by atoms with Crippen molar-refractivity contribution >= 4 is 17.5 Å². The number of carbonyl (C=O) groups is 1. The Morgan fingerprint density at radius 3 is 2.80 bits per heavy atom. The van der Waals surface area contributed by atoms with Gasteiger partial charge in [-0.25, -0.2) is 0 Å². The predicted octanol–water partition coefficient (Wildman–Crippen LogP) is 2.74. The van der Waals surface area contributed by atoms with Crippen LogP contribution in [0.4, 0.5) is 0 Å². The lowest BCUT2D eigenvalue weighted by atomic mass is 10.2. The summed E-state index contributed by atoms with van der Waals surface area (Å²) in [5, 5.41) is 6.75. The highest BCUT2D eigenvalue weighted by molar-refractivity contribution is 6.30. The Bertz CT molecular complexity index is 436. The molecule has 1 aromatic rings. The summed E-state index contributed by atoms with van der Waals surface area (Å²) in [5.74, 6) is 0.582. The molecule has 2 N–H and O–H groups in total. The van der Waals surface area contributed by atoms with Gasteiger partial charge < -0.3 is 15.4 Å². The van der Waals surface area contributed by atoms with Gasteiger partial charge in [-0.2, -0.15) is 0 Å². The van der Waals surface area contributed by atoms with Gasteiger partial charge in [-0.15, -0.1) is 0 Å². The number of carbonyl (C=O) groups excluding carboxylic acids is 1. The van der Waals surface area contributed by atoms with Crippen LogP contribution in [0.5, 0.6) is 5.75 Å². The Morgan fingerprint density at radius 2 is 2.15 bits per heavy atom. The van der Waals surface area contributed by atoms with Crippen LogP contribution in [-0.2, 0) is 11.3 Å². The second-order valence-electron chi connectivity index (χ2n) is 4.93. The van der Waals surface area contributed by atoms with Crippen molar-refractivity contribution in [2.24, 2.45) is 0 Å². The van der Waals surface area contributed by atoms with Gasteiger partial charge in [0, 0.05) is 29.7 Å². The minimum atomic E-state index is -0.107. The highest BCUT2D eigenvalue weighted by Gasteiger charge is 2.08. The molecule has 0 unspecified atom stereocenters. The molecule has 1 amide bonds. The molecule has 0 radical (unpaired) electrons. The van der Waals surface area contributed by atoms with Crippen molar-refractivity contribution in [2.45, 2.75) is 39.8 Å². The molecule has 0 atom stereocenters. The van der Waals surface area contributed by atoms with E-state index in [1.54, 1.807) is 12.1 Å². The zero-order valence-corrected chi connectivity index (χ0v) is 13.1. The van der Waals surface area contributed by atoms with Crippen LogP contribution < -0.4 is 15.4 Å². The number of halogens is 1. The summed E-state index contributed by atoms with van der Waals surface area (Å²) < 4.78 is 5.57. The molecule has 0 aliphatic carbocycles. The van der Waals surface area contributed by atoms with E-state index in [0.717, 1.165) is 12.0 Å². The van der Waals surface area contributed by atoms with E-state index in [4.69, 9.17) is 16.3 Å². The molecule has 20 heavy (non-hydrogen) atoms. The average Bonchev–Trinajstić information content (AvgIpc) is 2.41. The molecule has 0 saturated heterocycles.